The molecule has 3 nitrogen and oxygen atoms in total. The van der Waals surface area contributed by atoms with Crippen LogP contribution in [-0.4, -0.2) is 9.97 Å². The summed E-state index contributed by atoms with van der Waals surface area (Å²) in [7, 11) is 0. The molecule has 0 aliphatic heterocycles. The van der Waals surface area contributed by atoms with Gasteiger partial charge < -0.3 is 0 Å². The van der Waals surface area contributed by atoms with Gasteiger partial charge in [0.05, 0.1) is 28.4 Å². The summed E-state index contributed by atoms with van der Waals surface area (Å²) in [6, 6.07) is 55.9. The van der Waals surface area contributed by atoms with Gasteiger partial charge >= 0.3 is 0 Å². The van der Waals surface area contributed by atoms with E-state index in [1.807, 2.05) is 42.5 Å². The first-order chi connectivity index (χ1) is 23.5. The Labute approximate surface area is 280 Å². The third-order valence-electron chi connectivity index (χ3n) is 10.4. The van der Waals surface area contributed by atoms with Crippen molar-refractivity contribution in [1.82, 2.24) is 9.97 Å². The highest BCUT2D eigenvalue weighted by atomic mass is 14.9. The van der Waals surface area contributed by atoms with Crippen molar-refractivity contribution >= 4 is 0 Å². The molecule has 1 aromatic heterocycles. The molecule has 1 heterocycles. The highest BCUT2D eigenvalue weighted by molar-refractivity contribution is 5.90. The molecule has 0 atom stereocenters. The molecule has 1 spiro atoms. The van der Waals surface area contributed by atoms with Gasteiger partial charge in [-0.3, -0.25) is 0 Å². The summed E-state index contributed by atoms with van der Waals surface area (Å²) in [5.41, 5.74) is 14.9. The fourth-order valence-corrected chi connectivity index (χ4v) is 8.23. The third-order valence-corrected chi connectivity index (χ3v) is 10.4. The molecule has 226 valence electrons. The highest BCUT2D eigenvalue weighted by Gasteiger charge is 2.53. The predicted octanol–water partition coefficient (Wildman–Crippen LogP) is 10.4. The molecule has 2 aliphatic rings. The molecule has 0 saturated heterocycles. The van der Waals surface area contributed by atoms with Gasteiger partial charge in [-0.05, 0) is 68.8 Å². The lowest BCUT2D eigenvalue weighted by Gasteiger charge is -2.46. The van der Waals surface area contributed by atoms with Crippen LogP contribution in [0, 0.1) is 11.3 Å². The molecule has 0 amide bonds. The van der Waals surface area contributed by atoms with E-state index in [1.165, 1.54) is 44.5 Å². The van der Waals surface area contributed by atoms with Crippen LogP contribution in [0.1, 0.15) is 52.8 Å². The zero-order chi connectivity index (χ0) is 32.5. The molecular formula is C45H31N3. The lowest BCUT2D eigenvalue weighted by atomic mass is 9.55. The molecule has 9 rings (SSSR count). The number of aromatic nitrogens is 2. The monoisotopic (exact) mass is 613 g/mol. The van der Waals surface area contributed by atoms with Crippen LogP contribution in [0.4, 0.5) is 0 Å². The average molecular weight is 614 g/mol. The van der Waals surface area contributed by atoms with Gasteiger partial charge in [-0.1, -0.05) is 141 Å². The van der Waals surface area contributed by atoms with Gasteiger partial charge in [0.15, 0.2) is 5.82 Å². The zero-order valence-corrected chi connectivity index (χ0v) is 26.8. The van der Waals surface area contributed by atoms with E-state index in [9.17, 15) is 5.26 Å². The van der Waals surface area contributed by atoms with Crippen LogP contribution in [0.5, 0.6) is 0 Å². The van der Waals surface area contributed by atoms with Crippen LogP contribution in [0.15, 0.2) is 152 Å². The van der Waals surface area contributed by atoms with Crippen molar-refractivity contribution in [3.05, 3.63) is 191 Å². The van der Waals surface area contributed by atoms with Gasteiger partial charge in [-0.15, -0.1) is 0 Å². The Morgan fingerprint density at radius 2 is 1.02 bits per heavy atom. The molecule has 0 saturated carbocycles. The lowest BCUT2D eigenvalue weighted by Crippen LogP contribution is -2.40. The van der Waals surface area contributed by atoms with E-state index in [2.05, 4.69) is 129 Å². The summed E-state index contributed by atoms with van der Waals surface area (Å²) < 4.78 is 0. The molecule has 0 unspecified atom stereocenters. The summed E-state index contributed by atoms with van der Waals surface area (Å²) in [6.45, 7) is 4.70. The number of nitrogens with zero attached hydrogens (tertiary/aromatic N) is 3. The van der Waals surface area contributed by atoms with Crippen LogP contribution in [-0.2, 0) is 10.8 Å². The van der Waals surface area contributed by atoms with E-state index < -0.39 is 5.41 Å². The first-order valence-electron chi connectivity index (χ1n) is 16.4. The van der Waals surface area contributed by atoms with Crippen LogP contribution in [0.2, 0.25) is 0 Å². The minimum atomic E-state index is -0.482. The number of rotatable bonds is 3. The Balaban J connectivity index is 1.34. The van der Waals surface area contributed by atoms with Crippen LogP contribution >= 0.6 is 0 Å². The van der Waals surface area contributed by atoms with E-state index in [1.54, 1.807) is 0 Å². The quantitative estimate of drug-likeness (QED) is 0.199. The topological polar surface area (TPSA) is 49.6 Å². The number of nitriles is 1. The molecule has 3 heteroatoms. The average Bonchev–Trinajstić information content (AvgIpc) is 3.44. The Morgan fingerprint density at radius 1 is 0.458 bits per heavy atom. The Bertz CT molecular complexity index is 2400. The van der Waals surface area contributed by atoms with Crippen molar-refractivity contribution in [3.8, 4) is 51.1 Å². The van der Waals surface area contributed by atoms with Gasteiger partial charge in [0.25, 0.3) is 0 Å². The van der Waals surface area contributed by atoms with Gasteiger partial charge in [0.2, 0.25) is 0 Å². The predicted molar refractivity (Wildman–Crippen MR) is 192 cm³/mol. The third kappa shape index (κ3) is 3.93. The largest absolute Gasteiger partial charge is 0.228 e. The molecule has 2 aliphatic carbocycles. The van der Waals surface area contributed by atoms with Gasteiger partial charge in [0.1, 0.15) is 0 Å². The normalized spacial score (nSPS) is 14.4. The molecular weight excluding hydrogens is 583 g/mol. The number of hydrogen-bond acceptors (Lipinski definition) is 3. The van der Waals surface area contributed by atoms with E-state index in [-0.39, 0.29) is 5.41 Å². The first kappa shape index (κ1) is 28.1. The standard InChI is InChI=1S/C45H31N3/c1-44(2)36-19-8-10-21-38(36)45(39-22-11-9-20-37(39)44)35-18-7-6-17-33(35)34-24-23-31(26-40(34)45)42-27-41(30-14-4-3-5-15-30)47-43(48-42)32-16-12-13-29(25-32)28-46/h3-27H,1-2H3. The van der Waals surface area contributed by atoms with E-state index in [0.717, 1.165) is 28.1 Å². The Kier molecular flexibility index (Phi) is 6.13. The number of fused-ring (bicyclic) bond motifs is 9. The second kappa shape index (κ2) is 10.5. The van der Waals surface area contributed by atoms with Gasteiger partial charge in [-0.2, -0.15) is 5.26 Å². The fraction of sp³-hybridized carbons (Fsp3) is 0.0889. The Morgan fingerprint density at radius 3 is 1.71 bits per heavy atom. The Hall–Kier alpha value is -6.11. The fourth-order valence-electron chi connectivity index (χ4n) is 8.23. The smallest absolute Gasteiger partial charge is 0.160 e. The van der Waals surface area contributed by atoms with E-state index in [0.29, 0.717) is 11.4 Å². The molecule has 0 fully saturated rings. The van der Waals surface area contributed by atoms with E-state index >= 15 is 0 Å². The second-order valence-corrected chi connectivity index (χ2v) is 13.3. The maximum absolute atomic E-state index is 9.64. The SMILES string of the molecule is CC1(C)c2ccccc2C2(c3ccccc3-c3ccc(-c4cc(-c5ccccc5)nc(-c5cccc(C#N)c5)n4)cc32)c2ccccc21. The first-order valence-corrected chi connectivity index (χ1v) is 16.4. The maximum atomic E-state index is 9.64. The van der Waals surface area contributed by atoms with Gasteiger partial charge in [0, 0.05) is 22.1 Å². The number of benzene rings is 6. The van der Waals surface area contributed by atoms with E-state index in [4.69, 9.17) is 9.97 Å². The number of hydrogen-bond donors (Lipinski definition) is 0. The summed E-state index contributed by atoms with van der Waals surface area (Å²) in [5.74, 6) is 0.594. The molecule has 48 heavy (non-hydrogen) atoms. The molecule has 6 aromatic carbocycles. The minimum Gasteiger partial charge on any atom is -0.228 e. The molecule has 0 radical (unpaired) electrons. The second-order valence-electron chi connectivity index (χ2n) is 13.3. The highest BCUT2D eigenvalue weighted by Crippen LogP contribution is 2.62. The summed E-state index contributed by atoms with van der Waals surface area (Å²) >= 11 is 0. The molecule has 0 N–H and O–H groups in total. The van der Waals surface area contributed by atoms with Crippen molar-refractivity contribution in [2.45, 2.75) is 24.7 Å². The van der Waals surface area contributed by atoms with Crippen molar-refractivity contribution < 1.29 is 0 Å². The summed E-state index contributed by atoms with van der Waals surface area (Å²) in [4.78, 5) is 10.2. The van der Waals surface area contributed by atoms with Crippen LogP contribution in [0.3, 0.4) is 0 Å². The van der Waals surface area contributed by atoms with Crippen LogP contribution in [0.25, 0.3) is 45.0 Å². The zero-order valence-electron chi connectivity index (χ0n) is 26.8. The van der Waals surface area contributed by atoms with Crippen molar-refractivity contribution in [3.63, 3.8) is 0 Å². The van der Waals surface area contributed by atoms with Crippen molar-refractivity contribution in [1.29, 1.82) is 5.26 Å². The minimum absolute atomic E-state index is 0.155. The maximum Gasteiger partial charge on any atom is 0.160 e. The molecule has 7 aromatic rings. The summed E-state index contributed by atoms with van der Waals surface area (Å²) in [6.07, 6.45) is 0. The van der Waals surface area contributed by atoms with Crippen molar-refractivity contribution in [2.24, 2.45) is 0 Å². The molecule has 0 bridgehead atoms. The lowest BCUT2D eigenvalue weighted by molar-refractivity contribution is 0.563. The van der Waals surface area contributed by atoms with Crippen LogP contribution < -0.4 is 0 Å². The van der Waals surface area contributed by atoms with Crippen molar-refractivity contribution in [2.75, 3.05) is 0 Å². The summed E-state index contributed by atoms with van der Waals surface area (Å²) in [5, 5.41) is 9.64. The van der Waals surface area contributed by atoms with Gasteiger partial charge in [-0.25, -0.2) is 9.97 Å².